The molecule has 4 unspecified atom stereocenters. The molecule has 0 amide bonds. The molecular weight excluding hydrogens is 1210 g/mol. The van der Waals surface area contributed by atoms with Crippen molar-refractivity contribution in [1.29, 1.82) is 0 Å². The molecule has 0 rings (SSSR count). The third-order valence-corrected chi connectivity index (χ3v) is 19.6. The van der Waals surface area contributed by atoms with Crippen molar-refractivity contribution in [3.8, 4) is 0 Å². The number of rotatable bonds is 72. The van der Waals surface area contributed by atoms with Gasteiger partial charge in [0.15, 0.2) is 12.2 Å². The molecule has 7 atom stereocenters. The molecule has 19 heteroatoms. The fraction of sp³-hybridized carbons (Fsp3) is 0.945. The number of hydrogen-bond acceptors (Lipinski definition) is 15. The summed E-state index contributed by atoms with van der Waals surface area (Å²) in [5.41, 5.74) is 0. The number of ether oxygens (including phenoxy) is 4. The number of aliphatic hydroxyl groups is 1. The van der Waals surface area contributed by atoms with Gasteiger partial charge < -0.3 is 33.8 Å². The Bertz CT molecular complexity index is 1790. The summed E-state index contributed by atoms with van der Waals surface area (Å²) in [5.74, 6) is -0.542. The molecule has 0 fully saturated rings. The first kappa shape index (κ1) is 90.1. The van der Waals surface area contributed by atoms with Crippen LogP contribution in [0.15, 0.2) is 0 Å². The molecule has 0 aromatic heterocycles. The predicted octanol–water partition coefficient (Wildman–Crippen LogP) is 21.2. The topological polar surface area (TPSA) is 237 Å². The summed E-state index contributed by atoms with van der Waals surface area (Å²) >= 11 is 0. The molecule has 92 heavy (non-hydrogen) atoms. The minimum Gasteiger partial charge on any atom is -0.462 e. The van der Waals surface area contributed by atoms with Gasteiger partial charge in [0.1, 0.15) is 19.3 Å². The van der Waals surface area contributed by atoms with Crippen molar-refractivity contribution < 1.29 is 80.2 Å². The molecule has 0 aromatic rings. The zero-order valence-corrected chi connectivity index (χ0v) is 61.6. The first-order valence-corrected chi connectivity index (χ1v) is 41.1. The van der Waals surface area contributed by atoms with Crippen molar-refractivity contribution in [1.82, 2.24) is 0 Å². The van der Waals surface area contributed by atoms with Crippen molar-refractivity contribution in [3.63, 3.8) is 0 Å². The Morgan fingerprint density at radius 2 is 0.522 bits per heavy atom. The third kappa shape index (κ3) is 64.1. The Balaban J connectivity index is 5.24. The maximum atomic E-state index is 13.1. The summed E-state index contributed by atoms with van der Waals surface area (Å²) in [6.45, 7) is 9.59. The average Bonchev–Trinajstić information content (AvgIpc) is 2.87. The predicted molar refractivity (Wildman–Crippen MR) is 372 cm³/mol. The quantitative estimate of drug-likeness (QED) is 0.0222. The van der Waals surface area contributed by atoms with E-state index >= 15 is 0 Å². The minimum atomic E-state index is -4.95. The van der Waals surface area contributed by atoms with Gasteiger partial charge >= 0.3 is 39.5 Å². The van der Waals surface area contributed by atoms with E-state index in [2.05, 4.69) is 41.5 Å². The second-order valence-electron chi connectivity index (χ2n) is 26.8. The number of phosphoric acid groups is 2. The zero-order valence-electron chi connectivity index (χ0n) is 59.9. The number of phosphoric ester groups is 2. The van der Waals surface area contributed by atoms with Crippen LogP contribution in [0.4, 0.5) is 0 Å². The SMILES string of the molecule is CCCCCCCCCCCCCCC(=O)OC[C@H](COP(=O)(O)OC[C@@H](O)COP(=O)(O)OC[C@@H](COC(=O)CCCCCCCCC(C)CC)OC(=O)CCCCCCCCCCCCCC)OC(=O)CCCCCCCCCCCCCCCCC(C)CC. The summed E-state index contributed by atoms with van der Waals surface area (Å²) in [5, 5.41) is 10.6. The van der Waals surface area contributed by atoms with E-state index in [9.17, 15) is 43.2 Å². The van der Waals surface area contributed by atoms with Crippen LogP contribution in [0.1, 0.15) is 375 Å². The van der Waals surface area contributed by atoms with E-state index in [4.69, 9.17) is 37.0 Å². The maximum Gasteiger partial charge on any atom is 0.472 e. The van der Waals surface area contributed by atoms with E-state index < -0.39 is 97.5 Å². The van der Waals surface area contributed by atoms with Crippen LogP contribution in [0.25, 0.3) is 0 Å². The fourth-order valence-corrected chi connectivity index (χ4v) is 12.6. The van der Waals surface area contributed by atoms with Gasteiger partial charge in [0.25, 0.3) is 0 Å². The van der Waals surface area contributed by atoms with Crippen LogP contribution in [0.3, 0.4) is 0 Å². The largest absolute Gasteiger partial charge is 0.472 e. The molecule has 0 spiro atoms. The molecule has 0 bridgehead atoms. The Kier molecular flexibility index (Phi) is 63.7. The lowest BCUT2D eigenvalue weighted by atomic mass is 9.99. The fourth-order valence-electron chi connectivity index (χ4n) is 11.1. The summed E-state index contributed by atoms with van der Waals surface area (Å²) in [7, 11) is -9.90. The number of unbranched alkanes of at least 4 members (excludes halogenated alkanes) is 40. The van der Waals surface area contributed by atoms with E-state index in [1.165, 1.54) is 186 Å². The maximum absolute atomic E-state index is 13.1. The highest BCUT2D eigenvalue weighted by Gasteiger charge is 2.30. The number of carbonyl (C=O) groups is 4. The first-order valence-electron chi connectivity index (χ1n) is 38.1. The molecule has 0 saturated heterocycles. The molecule has 3 N–H and O–H groups in total. The van der Waals surface area contributed by atoms with Gasteiger partial charge in [0.05, 0.1) is 26.4 Å². The lowest BCUT2D eigenvalue weighted by Gasteiger charge is -2.21. The lowest BCUT2D eigenvalue weighted by molar-refractivity contribution is -0.161. The van der Waals surface area contributed by atoms with Gasteiger partial charge in [-0.05, 0) is 37.5 Å². The van der Waals surface area contributed by atoms with Crippen LogP contribution >= 0.6 is 15.6 Å². The monoisotopic (exact) mass is 1350 g/mol. The van der Waals surface area contributed by atoms with Crippen LogP contribution in [0, 0.1) is 11.8 Å². The molecule has 0 aliphatic heterocycles. The summed E-state index contributed by atoms with van der Waals surface area (Å²) in [6, 6.07) is 0. The van der Waals surface area contributed by atoms with Crippen molar-refractivity contribution >= 4 is 39.5 Å². The lowest BCUT2D eigenvalue weighted by Crippen LogP contribution is -2.30. The van der Waals surface area contributed by atoms with Crippen molar-refractivity contribution in [2.45, 2.75) is 394 Å². The van der Waals surface area contributed by atoms with Gasteiger partial charge in [-0.2, -0.15) is 0 Å². The van der Waals surface area contributed by atoms with Crippen LogP contribution in [-0.4, -0.2) is 96.7 Å². The molecular formula is C73H142O17P2. The number of hydrogen-bond donors (Lipinski definition) is 3. The van der Waals surface area contributed by atoms with E-state index in [0.717, 1.165) is 108 Å². The van der Waals surface area contributed by atoms with Gasteiger partial charge in [-0.3, -0.25) is 37.3 Å². The Morgan fingerprint density at radius 1 is 0.304 bits per heavy atom. The van der Waals surface area contributed by atoms with Crippen LogP contribution < -0.4 is 0 Å². The van der Waals surface area contributed by atoms with Crippen LogP contribution in [0.5, 0.6) is 0 Å². The number of esters is 4. The zero-order chi connectivity index (χ0) is 67.9. The Labute approximate surface area is 562 Å². The summed E-state index contributed by atoms with van der Waals surface area (Å²) < 4.78 is 68.4. The average molecular weight is 1350 g/mol. The van der Waals surface area contributed by atoms with Gasteiger partial charge in [0.2, 0.25) is 0 Å². The van der Waals surface area contributed by atoms with Gasteiger partial charge in [0, 0.05) is 25.7 Å². The molecule has 546 valence electrons. The third-order valence-electron chi connectivity index (χ3n) is 17.7. The van der Waals surface area contributed by atoms with Crippen LogP contribution in [0.2, 0.25) is 0 Å². The summed E-state index contributed by atoms with van der Waals surface area (Å²) in [4.78, 5) is 72.7. The number of aliphatic hydroxyl groups excluding tert-OH is 1. The molecule has 0 saturated carbocycles. The molecule has 0 aliphatic rings. The molecule has 17 nitrogen and oxygen atoms in total. The smallest absolute Gasteiger partial charge is 0.462 e. The van der Waals surface area contributed by atoms with Crippen molar-refractivity contribution in [3.05, 3.63) is 0 Å². The number of carbonyl (C=O) groups excluding carboxylic acids is 4. The molecule has 0 heterocycles. The first-order chi connectivity index (χ1) is 44.4. The second-order valence-corrected chi connectivity index (χ2v) is 29.7. The highest BCUT2D eigenvalue weighted by molar-refractivity contribution is 7.47. The molecule has 0 aromatic carbocycles. The molecule has 0 aliphatic carbocycles. The van der Waals surface area contributed by atoms with Crippen LogP contribution in [-0.2, 0) is 65.4 Å². The Hall–Kier alpha value is -1.94. The highest BCUT2D eigenvalue weighted by Crippen LogP contribution is 2.45. The van der Waals surface area contributed by atoms with E-state index in [0.29, 0.717) is 25.7 Å². The van der Waals surface area contributed by atoms with Crippen molar-refractivity contribution in [2.24, 2.45) is 11.8 Å². The standard InChI is InChI=1S/C73H142O17P2/c1-7-11-13-15-17-19-21-28-32-36-43-49-55-70(75)83-61-68(89-73(78)58-52-46-38-34-30-26-24-23-25-27-31-35-41-47-53-65(5)9-3)63-87-91(79,80)85-59-67(74)60-86-92(81,82)88-64-69(62-84-71(76)56-50-44-40-39-42-48-54-66(6)10-4)90-72(77)57-51-45-37-33-29-22-20-18-16-14-12-8-2/h65-69,74H,7-64H2,1-6H3,(H,79,80)(H,81,82)/t65?,66?,67-,68-,69-/m1/s1. The van der Waals surface area contributed by atoms with E-state index in [1.807, 2.05) is 0 Å². The second kappa shape index (κ2) is 65.0. The van der Waals surface area contributed by atoms with E-state index in [-0.39, 0.29) is 25.7 Å². The van der Waals surface area contributed by atoms with Gasteiger partial charge in [-0.1, -0.05) is 324 Å². The van der Waals surface area contributed by atoms with Gasteiger partial charge in [-0.25, -0.2) is 9.13 Å². The van der Waals surface area contributed by atoms with E-state index in [1.54, 1.807) is 0 Å². The highest BCUT2D eigenvalue weighted by atomic mass is 31.2. The van der Waals surface area contributed by atoms with Crippen molar-refractivity contribution in [2.75, 3.05) is 39.6 Å². The molecule has 0 radical (unpaired) electrons. The Morgan fingerprint density at radius 3 is 0.772 bits per heavy atom. The van der Waals surface area contributed by atoms with Gasteiger partial charge in [-0.15, -0.1) is 0 Å². The minimum absolute atomic E-state index is 0.106. The normalized spacial score (nSPS) is 14.7. The summed E-state index contributed by atoms with van der Waals surface area (Å²) in [6.07, 6.45) is 51.2.